The minimum absolute atomic E-state index is 0.682. The van der Waals surface area contributed by atoms with E-state index in [0.29, 0.717) is 6.04 Å². The molecule has 94 valence electrons. The largest absolute Gasteiger partial charge is 0.494 e. The predicted octanol–water partition coefficient (Wildman–Crippen LogP) is 1.53. The molecule has 1 aromatic heterocycles. The van der Waals surface area contributed by atoms with Gasteiger partial charge in [-0.05, 0) is 25.0 Å². The molecule has 0 aliphatic heterocycles. The fraction of sp³-hybridized carbons (Fsp3) is 0.385. The van der Waals surface area contributed by atoms with Crippen molar-refractivity contribution in [3.63, 3.8) is 0 Å². The van der Waals surface area contributed by atoms with Gasteiger partial charge in [0.05, 0.1) is 19.0 Å². The Morgan fingerprint density at radius 2 is 2.22 bits per heavy atom. The van der Waals surface area contributed by atoms with Gasteiger partial charge in [-0.25, -0.2) is 0 Å². The van der Waals surface area contributed by atoms with Gasteiger partial charge in [0.25, 0.3) is 0 Å². The van der Waals surface area contributed by atoms with Crippen LogP contribution in [0.4, 0.5) is 0 Å². The van der Waals surface area contributed by atoms with E-state index in [-0.39, 0.29) is 0 Å². The van der Waals surface area contributed by atoms with Crippen LogP contribution in [0.25, 0.3) is 5.69 Å². The smallest absolute Gasteiger partial charge is 0.146 e. The Balaban J connectivity index is 1.78. The first-order chi connectivity index (χ1) is 8.86. The molecule has 1 aliphatic rings. The summed E-state index contributed by atoms with van der Waals surface area (Å²) < 4.78 is 5.30. The second-order valence-electron chi connectivity index (χ2n) is 4.45. The minimum Gasteiger partial charge on any atom is -0.494 e. The summed E-state index contributed by atoms with van der Waals surface area (Å²) in [6, 6.07) is 8.41. The van der Waals surface area contributed by atoms with Gasteiger partial charge in [-0.15, -0.1) is 4.80 Å². The van der Waals surface area contributed by atoms with Gasteiger partial charge in [0.1, 0.15) is 11.4 Å². The molecule has 1 saturated carbocycles. The minimum atomic E-state index is 0.682. The predicted molar refractivity (Wildman–Crippen MR) is 67.8 cm³/mol. The molecule has 5 nitrogen and oxygen atoms in total. The van der Waals surface area contributed by atoms with Gasteiger partial charge in [-0.3, -0.25) is 0 Å². The highest BCUT2D eigenvalue weighted by atomic mass is 16.5. The van der Waals surface area contributed by atoms with Crippen LogP contribution in [0.1, 0.15) is 18.5 Å². The van der Waals surface area contributed by atoms with Crippen LogP contribution in [-0.2, 0) is 6.54 Å². The van der Waals surface area contributed by atoms with Crippen molar-refractivity contribution in [2.45, 2.75) is 25.4 Å². The molecule has 0 unspecified atom stereocenters. The van der Waals surface area contributed by atoms with Crippen LogP contribution in [-0.4, -0.2) is 28.1 Å². The van der Waals surface area contributed by atoms with Gasteiger partial charge in [0.2, 0.25) is 0 Å². The molecule has 0 saturated heterocycles. The number of methoxy groups -OCH3 is 1. The number of benzene rings is 1. The molecular weight excluding hydrogens is 228 g/mol. The molecule has 0 bridgehead atoms. The molecule has 18 heavy (non-hydrogen) atoms. The van der Waals surface area contributed by atoms with Crippen LogP contribution in [0, 0.1) is 0 Å². The summed E-state index contributed by atoms with van der Waals surface area (Å²) in [7, 11) is 1.65. The zero-order chi connectivity index (χ0) is 12.4. The second kappa shape index (κ2) is 4.78. The Kier molecular flexibility index (Phi) is 2.98. The number of nitrogens with one attached hydrogen (secondary N) is 1. The first kappa shape index (κ1) is 11.2. The fourth-order valence-corrected chi connectivity index (χ4v) is 1.82. The number of rotatable bonds is 5. The van der Waals surface area contributed by atoms with Crippen molar-refractivity contribution in [2.75, 3.05) is 7.11 Å². The van der Waals surface area contributed by atoms with E-state index >= 15 is 0 Å². The molecule has 3 rings (SSSR count). The summed E-state index contributed by atoms with van der Waals surface area (Å²) >= 11 is 0. The number of ether oxygens (including phenoxy) is 1. The zero-order valence-electron chi connectivity index (χ0n) is 10.3. The van der Waals surface area contributed by atoms with Crippen LogP contribution in [0.3, 0.4) is 0 Å². The van der Waals surface area contributed by atoms with Crippen LogP contribution >= 0.6 is 0 Å². The van der Waals surface area contributed by atoms with E-state index in [1.165, 1.54) is 12.8 Å². The van der Waals surface area contributed by atoms with Crippen molar-refractivity contribution < 1.29 is 4.74 Å². The molecule has 0 amide bonds. The third kappa shape index (κ3) is 2.36. The topological polar surface area (TPSA) is 52.0 Å². The lowest BCUT2D eigenvalue weighted by Crippen LogP contribution is -2.15. The van der Waals surface area contributed by atoms with Crippen LogP contribution < -0.4 is 10.1 Å². The molecular formula is C13H16N4O. The number of hydrogen-bond acceptors (Lipinski definition) is 4. The lowest BCUT2D eigenvalue weighted by molar-refractivity contribution is 0.410. The van der Waals surface area contributed by atoms with E-state index in [0.717, 1.165) is 23.7 Å². The zero-order valence-corrected chi connectivity index (χ0v) is 10.3. The third-order valence-electron chi connectivity index (χ3n) is 2.99. The summed E-state index contributed by atoms with van der Waals surface area (Å²) in [5.74, 6) is 0.773. The van der Waals surface area contributed by atoms with E-state index in [1.807, 2.05) is 24.3 Å². The quantitative estimate of drug-likeness (QED) is 0.866. The Morgan fingerprint density at radius 1 is 1.39 bits per heavy atom. The van der Waals surface area contributed by atoms with Crippen LogP contribution in [0.2, 0.25) is 0 Å². The molecule has 1 fully saturated rings. The average Bonchev–Trinajstić information content (AvgIpc) is 3.13. The Labute approximate surface area is 106 Å². The van der Waals surface area contributed by atoms with Crippen molar-refractivity contribution in [2.24, 2.45) is 0 Å². The molecule has 5 heteroatoms. The van der Waals surface area contributed by atoms with Gasteiger partial charge < -0.3 is 10.1 Å². The molecule has 0 spiro atoms. The van der Waals surface area contributed by atoms with E-state index in [1.54, 1.807) is 18.1 Å². The Hall–Kier alpha value is -1.88. The number of hydrogen-bond donors (Lipinski definition) is 1. The van der Waals surface area contributed by atoms with E-state index < -0.39 is 0 Å². The van der Waals surface area contributed by atoms with E-state index in [4.69, 9.17) is 4.74 Å². The third-order valence-corrected chi connectivity index (χ3v) is 2.99. The first-order valence-electron chi connectivity index (χ1n) is 6.15. The van der Waals surface area contributed by atoms with E-state index in [9.17, 15) is 0 Å². The van der Waals surface area contributed by atoms with Crippen molar-refractivity contribution >= 4 is 0 Å². The summed E-state index contributed by atoms with van der Waals surface area (Å²) in [6.07, 6.45) is 4.35. The normalized spacial score (nSPS) is 14.7. The summed E-state index contributed by atoms with van der Waals surface area (Å²) in [4.78, 5) is 1.61. The SMILES string of the molecule is COc1ccccc1-n1ncc(CNC2CC2)n1. The monoisotopic (exact) mass is 244 g/mol. The van der Waals surface area contributed by atoms with Crippen molar-refractivity contribution in [3.8, 4) is 11.4 Å². The summed E-state index contributed by atoms with van der Waals surface area (Å²) in [5.41, 5.74) is 1.81. The van der Waals surface area contributed by atoms with Gasteiger partial charge in [-0.2, -0.15) is 10.2 Å². The molecule has 1 N–H and O–H groups in total. The van der Waals surface area contributed by atoms with Gasteiger partial charge in [0.15, 0.2) is 0 Å². The fourth-order valence-electron chi connectivity index (χ4n) is 1.82. The number of nitrogens with zero attached hydrogens (tertiary/aromatic N) is 3. The second-order valence-corrected chi connectivity index (χ2v) is 4.45. The molecule has 0 radical (unpaired) electrons. The van der Waals surface area contributed by atoms with E-state index in [2.05, 4.69) is 15.5 Å². The lowest BCUT2D eigenvalue weighted by atomic mass is 10.3. The highest BCUT2D eigenvalue weighted by molar-refractivity contribution is 5.44. The molecule has 2 aromatic rings. The number of para-hydroxylation sites is 2. The van der Waals surface area contributed by atoms with Crippen molar-refractivity contribution in [3.05, 3.63) is 36.2 Å². The molecule has 1 aromatic carbocycles. The van der Waals surface area contributed by atoms with Gasteiger partial charge >= 0.3 is 0 Å². The van der Waals surface area contributed by atoms with Crippen LogP contribution in [0.5, 0.6) is 5.75 Å². The van der Waals surface area contributed by atoms with Gasteiger partial charge in [-0.1, -0.05) is 12.1 Å². The highest BCUT2D eigenvalue weighted by Crippen LogP contribution is 2.21. The molecule has 1 heterocycles. The van der Waals surface area contributed by atoms with Gasteiger partial charge in [0, 0.05) is 12.6 Å². The maximum Gasteiger partial charge on any atom is 0.146 e. The highest BCUT2D eigenvalue weighted by Gasteiger charge is 2.20. The Bertz CT molecular complexity index is 533. The maximum atomic E-state index is 5.30. The number of aromatic nitrogens is 3. The standard InChI is InChI=1S/C13H16N4O/c1-18-13-5-3-2-4-12(13)17-15-9-11(16-17)8-14-10-6-7-10/h2-5,9-10,14H,6-8H2,1H3. The summed E-state index contributed by atoms with van der Waals surface area (Å²) in [6.45, 7) is 0.778. The van der Waals surface area contributed by atoms with Crippen molar-refractivity contribution in [1.82, 2.24) is 20.3 Å². The lowest BCUT2D eigenvalue weighted by Gasteiger charge is -2.06. The Morgan fingerprint density at radius 3 is 3.00 bits per heavy atom. The first-order valence-corrected chi connectivity index (χ1v) is 6.15. The van der Waals surface area contributed by atoms with Crippen LogP contribution in [0.15, 0.2) is 30.5 Å². The molecule has 0 atom stereocenters. The average molecular weight is 244 g/mol. The summed E-state index contributed by atoms with van der Waals surface area (Å²) in [5, 5.41) is 12.2. The molecule has 1 aliphatic carbocycles. The van der Waals surface area contributed by atoms with Crippen molar-refractivity contribution in [1.29, 1.82) is 0 Å². The maximum absolute atomic E-state index is 5.30.